The first-order valence-electron chi connectivity index (χ1n) is 6.27. The molecule has 0 unspecified atom stereocenters. The van der Waals surface area contributed by atoms with Gasteiger partial charge in [0.2, 0.25) is 0 Å². The number of azo groups is 1. The summed E-state index contributed by atoms with van der Waals surface area (Å²) in [5.41, 5.74) is 0. The van der Waals surface area contributed by atoms with Gasteiger partial charge in [-0.15, -0.1) is 0 Å². The molecule has 110 valence electrons. The summed E-state index contributed by atoms with van der Waals surface area (Å²) in [6.07, 6.45) is -1.71. The molecule has 0 rings (SSSR count). The molecule has 0 aliphatic heterocycles. The Morgan fingerprint density at radius 2 is 1.37 bits per heavy atom. The molecule has 0 N–H and O–H groups in total. The van der Waals surface area contributed by atoms with Gasteiger partial charge in [-0.05, 0) is 17.0 Å². The first-order chi connectivity index (χ1) is 8.48. The predicted molar refractivity (Wildman–Crippen MR) is 74.9 cm³/mol. The Kier molecular flexibility index (Phi) is 6.34. The molecule has 0 aromatic carbocycles. The second kappa shape index (κ2) is 6.79. The van der Waals surface area contributed by atoms with E-state index < -0.39 is 21.2 Å². The Morgan fingerprint density at radius 1 is 0.947 bits per heavy atom. The number of rotatable bonds is 2. The molecule has 0 heterocycles. The Bertz CT molecular complexity index is 342. The van der Waals surface area contributed by atoms with E-state index in [-0.39, 0.29) is 16.7 Å². The predicted octanol–water partition coefficient (Wildman–Crippen LogP) is 4.06. The zero-order chi connectivity index (χ0) is 15.3. The number of carbonyl (C=O) groups is 2. The van der Waals surface area contributed by atoms with Crippen LogP contribution in [0.3, 0.4) is 0 Å². The first-order valence-corrected chi connectivity index (χ1v) is 7.90. The SMILES string of the molecule is CCOC(=O)N=NC(=O)O[SiH](C(C)(C)C)C(C)(C)C. The lowest BCUT2D eigenvalue weighted by Crippen LogP contribution is -2.39. The van der Waals surface area contributed by atoms with Crippen molar-refractivity contribution >= 4 is 21.2 Å². The van der Waals surface area contributed by atoms with E-state index in [4.69, 9.17) is 4.43 Å². The maximum atomic E-state index is 11.6. The van der Waals surface area contributed by atoms with Crippen molar-refractivity contribution < 1.29 is 18.8 Å². The fourth-order valence-corrected chi connectivity index (χ4v) is 5.56. The molecule has 0 aliphatic rings. The Labute approximate surface area is 116 Å². The molecule has 0 saturated carbocycles. The van der Waals surface area contributed by atoms with Crippen molar-refractivity contribution in [3.63, 3.8) is 0 Å². The van der Waals surface area contributed by atoms with Gasteiger partial charge in [-0.1, -0.05) is 51.8 Å². The van der Waals surface area contributed by atoms with Crippen LogP contribution in [0.15, 0.2) is 10.2 Å². The molecule has 0 fully saturated rings. The molecule has 7 heteroatoms. The standard InChI is InChI=1S/C12H24N2O4Si/c1-8-17-9(15)13-14-10(16)18-19(11(2,3)4)12(5,6)7/h19H,8H2,1-7H3. The van der Waals surface area contributed by atoms with E-state index in [1.807, 2.05) is 41.5 Å². The summed E-state index contributed by atoms with van der Waals surface area (Å²) in [4.78, 5) is 22.5. The van der Waals surface area contributed by atoms with Gasteiger partial charge in [0, 0.05) is 0 Å². The summed E-state index contributed by atoms with van der Waals surface area (Å²) >= 11 is 0. The molecule has 0 bridgehead atoms. The highest BCUT2D eigenvalue weighted by molar-refractivity contribution is 6.60. The number of nitrogens with zero attached hydrogens (tertiary/aromatic N) is 2. The summed E-state index contributed by atoms with van der Waals surface area (Å²) < 4.78 is 9.98. The van der Waals surface area contributed by atoms with Crippen LogP contribution in [0.25, 0.3) is 0 Å². The Balaban J connectivity index is 4.72. The normalized spacial score (nSPS) is 12.8. The molecule has 0 radical (unpaired) electrons. The van der Waals surface area contributed by atoms with Crippen molar-refractivity contribution in [1.29, 1.82) is 0 Å². The average Bonchev–Trinajstić information content (AvgIpc) is 2.20. The van der Waals surface area contributed by atoms with Gasteiger partial charge in [-0.25, -0.2) is 9.59 Å². The minimum Gasteiger partial charge on any atom is -0.503 e. The third-order valence-corrected chi connectivity index (χ3v) is 5.86. The minimum atomic E-state index is -1.90. The third kappa shape index (κ3) is 7.05. The minimum absolute atomic E-state index is 0.104. The molecule has 0 aromatic rings. The van der Waals surface area contributed by atoms with Crippen LogP contribution >= 0.6 is 0 Å². The number of hydrogen-bond acceptors (Lipinski definition) is 4. The van der Waals surface area contributed by atoms with E-state index >= 15 is 0 Å². The number of ether oxygens (including phenoxy) is 1. The first kappa shape index (κ1) is 17.8. The molecule has 0 atom stereocenters. The lowest BCUT2D eigenvalue weighted by atomic mass is 10.2. The van der Waals surface area contributed by atoms with E-state index in [2.05, 4.69) is 15.0 Å². The van der Waals surface area contributed by atoms with Crippen molar-refractivity contribution in [3.05, 3.63) is 0 Å². The molecule has 0 aromatic heterocycles. The van der Waals surface area contributed by atoms with Crippen molar-refractivity contribution in [2.24, 2.45) is 10.2 Å². The van der Waals surface area contributed by atoms with Crippen LogP contribution in [0.1, 0.15) is 48.5 Å². The van der Waals surface area contributed by atoms with Crippen molar-refractivity contribution in [2.45, 2.75) is 58.5 Å². The fourth-order valence-electron chi connectivity index (χ4n) is 2.01. The number of carbonyl (C=O) groups excluding carboxylic acids is 2. The second-order valence-corrected chi connectivity index (χ2v) is 10.9. The summed E-state index contributed by atoms with van der Waals surface area (Å²) in [7, 11) is -1.90. The second-order valence-electron chi connectivity index (χ2n) is 6.39. The van der Waals surface area contributed by atoms with E-state index in [0.717, 1.165) is 0 Å². The summed E-state index contributed by atoms with van der Waals surface area (Å²) in [6.45, 7) is 14.0. The van der Waals surface area contributed by atoms with Gasteiger partial charge in [0.15, 0.2) is 0 Å². The maximum Gasteiger partial charge on any atom is 0.452 e. The quantitative estimate of drug-likeness (QED) is 0.567. The zero-order valence-corrected chi connectivity index (χ0v) is 14.0. The smallest absolute Gasteiger partial charge is 0.452 e. The zero-order valence-electron chi connectivity index (χ0n) is 12.8. The Morgan fingerprint density at radius 3 is 1.74 bits per heavy atom. The summed E-state index contributed by atoms with van der Waals surface area (Å²) in [5.74, 6) is 0. The highest BCUT2D eigenvalue weighted by atomic mass is 28.3. The number of hydrogen-bond donors (Lipinski definition) is 0. The van der Waals surface area contributed by atoms with E-state index in [1.54, 1.807) is 6.92 Å². The monoisotopic (exact) mass is 288 g/mol. The van der Waals surface area contributed by atoms with Crippen LogP contribution in [0.4, 0.5) is 9.59 Å². The van der Waals surface area contributed by atoms with Crippen LogP contribution < -0.4 is 0 Å². The van der Waals surface area contributed by atoms with Gasteiger partial charge in [0.25, 0.3) is 9.04 Å². The van der Waals surface area contributed by atoms with Gasteiger partial charge in [-0.3, -0.25) is 0 Å². The molecule has 0 aliphatic carbocycles. The summed E-state index contributed by atoms with van der Waals surface area (Å²) in [6, 6.07) is 0. The van der Waals surface area contributed by atoms with Crippen LogP contribution in [-0.2, 0) is 9.16 Å². The summed E-state index contributed by atoms with van der Waals surface area (Å²) in [5, 5.41) is 6.17. The molecule has 19 heavy (non-hydrogen) atoms. The average molecular weight is 288 g/mol. The van der Waals surface area contributed by atoms with Gasteiger partial charge >= 0.3 is 12.2 Å². The van der Waals surface area contributed by atoms with E-state index in [0.29, 0.717) is 0 Å². The van der Waals surface area contributed by atoms with Crippen LogP contribution in [0.5, 0.6) is 0 Å². The molecular weight excluding hydrogens is 264 g/mol. The molecular formula is C12H24N2O4Si. The lowest BCUT2D eigenvalue weighted by Gasteiger charge is -2.36. The number of amides is 2. The molecule has 6 nitrogen and oxygen atoms in total. The molecule has 2 amide bonds. The third-order valence-electron chi connectivity index (χ3n) is 2.27. The van der Waals surface area contributed by atoms with E-state index in [9.17, 15) is 9.59 Å². The molecule has 0 saturated heterocycles. The highest BCUT2D eigenvalue weighted by Gasteiger charge is 2.41. The fraction of sp³-hybridized carbons (Fsp3) is 0.833. The topological polar surface area (TPSA) is 77.3 Å². The van der Waals surface area contributed by atoms with Crippen molar-refractivity contribution in [1.82, 2.24) is 0 Å². The van der Waals surface area contributed by atoms with Gasteiger partial charge in [0.1, 0.15) is 0 Å². The van der Waals surface area contributed by atoms with Crippen LogP contribution in [0, 0.1) is 0 Å². The van der Waals surface area contributed by atoms with Gasteiger partial charge < -0.3 is 9.16 Å². The highest BCUT2D eigenvalue weighted by Crippen LogP contribution is 2.42. The Hall–Kier alpha value is -1.24. The van der Waals surface area contributed by atoms with Gasteiger partial charge in [0.05, 0.1) is 6.61 Å². The van der Waals surface area contributed by atoms with Crippen LogP contribution in [-0.4, -0.2) is 27.8 Å². The van der Waals surface area contributed by atoms with Gasteiger partial charge in [-0.2, -0.15) is 0 Å². The molecule has 0 spiro atoms. The van der Waals surface area contributed by atoms with E-state index in [1.165, 1.54) is 0 Å². The maximum absolute atomic E-state index is 11.6. The largest absolute Gasteiger partial charge is 0.503 e. The lowest BCUT2D eigenvalue weighted by molar-refractivity contribution is 0.160. The van der Waals surface area contributed by atoms with Crippen molar-refractivity contribution in [2.75, 3.05) is 6.61 Å². The van der Waals surface area contributed by atoms with Crippen molar-refractivity contribution in [3.8, 4) is 0 Å². The van der Waals surface area contributed by atoms with Crippen LogP contribution in [0.2, 0.25) is 10.1 Å².